The quantitative estimate of drug-likeness (QED) is 0.347. The summed E-state index contributed by atoms with van der Waals surface area (Å²) in [6.45, 7) is 0. The summed E-state index contributed by atoms with van der Waals surface area (Å²) in [7, 11) is 0. The number of fused-ring (bicyclic) bond motifs is 1. The fourth-order valence-corrected chi connectivity index (χ4v) is 1.72. The van der Waals surface area contributed by atoms with Gasteiger partial charge in [-0.3, -0.25) is 4.98 Å². The smallest absolute Gasteiger partial charge is 0.189 e. The van der Waals surface area contributed by atoms with Crippen LogP contribution in [-0.4, -0.2) is 16.0 Å². The average molecular weight is 240 g/mol. The van der Waals surface area contributed by atoms with Crippen LogP contribution in [0.25, 0.3) is 10.8 Å². The summed E-state index contributed by atoms with van der Waals surface area (Å²) in [6.07, 6.45) is 1.37. The van der Waals surface area contributed by atoms with Crippen molar-refractivity contribution in [2.75, 3.05) is 0 Å². The second-order valence-corrected chi connectivity index (χ2v) is 3.50. The van der Waals surface area contributed by atoms with Gasteiger partial charge in [-0.15, -0.1) is 0 Å². The van der Waals surface area contributed by atoms with Crippen molar-refractivity contribution in [2.45, 2.75) is 0 Å². The lowest BCUT2D eigenvalue weighted by Crippen LogP contribution is -2.15. The van der Waals surface area contributed by atoms with E-state index in [0.29, 0.717) is 10.4 Å². The molecule has 0 unspecified atom stereocenters. The molecule has 0 spiro atoms. The van der Waals surface area contributed by atoms with Crippen LogP contribution in [0, 0.1) is 5.82 Å². The van der Waals surface area contributed by atoms with Gasteiger partial charge in [0.05, 0.1) is 5.02 Å². The Labute approximate surface area is 95.1 Å². The fourth-order valence-electron chi connectivity index (χ4n) is 1.46. The molecule has 0 aliphatic rings. The minimum Gasteiger partial charge on any atom is -0.409 e. The summed E-state index contributed by atoms with van der Waals surface area (Å²) in [5, 5.41) is 12.3. The molecular formula is C10H7ClFN3O. The van der Waals surface area contributed by atoms with Crippen molar-refractivity contribution in [3.8, 4) is 0 Å². The van der Waals surface area contributed by atoms with E-state index in [2.05, 4.69) is 10.1 Å². The van der Waals surface area contributed by atoms with Gasteiger partial charge in [-0.2, -0.15) is 0 Å². The SMILES string of the molecule is NC(=NO)c1nccc2c(F)ccc(Cl)c12. The van der Waals surface area contributed by atoms with E-state index in [1.807, 2.05) is 0 Å². The van der Waals surface area contributed by atoms with E-state index in [-0.39, 0.29) is 16.9 Å². The minimum absolute atomic E-state index is 0.157. The molecule has 16 heavy (non-hydrogen) atoms. The largest absolute Gasteiger partial charge is 0.409 e. The molecule has 0 aliphatic carbocycles. The van der Waals surface area contributed by atoms with Gasteiger partial charge in [-0.1, -0.05) is 16.8 Å². The van der Waals surface area contributed by atoms with Gasteiger partial charge in [0.25, 0.3) is 0 Å². The highest BCUT2D eigenvalue weighted by molar-refractivity contribution is 6.36. The molecule has 6 heteroatoms. The van der Waals surface area contributed by atoms with Crippen molar-refractivity contribution in [3.05, 3.63) is 40.9 Å². The zero-order chi connectivity index (χ0) is 11.7. The lowest BCUT2D eigenvalue weighted by Gasteiger charge is -2.06. The van der Waals surface area contributed by atoms with Crippen molar-refractivity contribution in [3.63, 3.8) is 0 Å². The lowest BCUT2D eigenvalue weighted by atomic mass is 10.1. The Hall–Kier alpha value is -1.88. The monoisotopic (exact) mass is 239 g/mol. The molecule has 0 amide bonds. The maximum absolute atomic E-state index is 13.5. The van der Waals surface area contributed by atoms with E-state index in [1.54, 1.807) is 0 Å². The van der Waals surface area contributed by atoms with Crippen LogP contribution < -0.4 is 5.73 Å². The maximum Gasteiger partial charge on any atom is 0.189 e. The molecule has 1 aromatic carbocycles. The molecule has 0 fully saturated rings. The number of rotatable bonds is 1. The molecule has 0 aliphatic heterocycles. The number of halogens is 2. The summed E-state index contributed by atoms with van der Waals surface area (Å²) in [5.41, 5.74) is 5.59. The van der Waals surface area contributed by atoms with Gasteiger partial charge in [0.2, 0.25) is 0 Å². The van der Waals surface area contributed by atoms with Gasteiger partial charge in [0, 0.05) is 17.0 Å². The van der Waals surface area contributed by atoms with Gasteiger partial charge in [-0.05, 0) is 18.2 Å². The Balaban J connectivity index is 2.92. The van der Waals surface area contributed by atoms with E-state index in [4.69, 9.17) is 22.5 Å². The van der Waals surface area contributed by atoms with Gasteiger partial charge in [-0.25, -0.2) is 4.39 Å². The molecule has 0 bridgehead atoms. The second-order valence-electron chi connectivity index (χ2n) is 3.10. The number of nitrogens with two attached hydrogens (primary N) is 1. The van der Waals surface area contributed by atoms with Crippen LogP contribution in [-0.2, 0) is 0 Å². The van der Waals surface area contributed by atoms with Crippen LogP contribution >= 0.6 is 11.6 Å². The molecule has 82 valence electrons. The highest BCUT2D eigenvalue weighted by Gasteiger charge is 2.12. The number of amidine groups is 1. The zero-order valence-electron chi connectivity index (χ0n) is 7.98. The molecule has 2 aromatic rings. The first kappa shape index (κ1) is 10.6. The second kappa shape index (κ2) is 3.94. The van der Waals surface area contributed by atoms with Crippen LogP contribution in [0.4, 0.5) is 4.39 Å². The van der Waals surface area contributed by atoms with Crippen LogP contribution in [0.15, 0.2) is 29.6 Å². The molecule has 2 rings (SSSR count). The molecule has 4 nitrogen and oxygen atoms in total. The van der Waals surface area contributed by atoms with Gasteiger partial charge >= 0.3 is 0 Å². The summed E-state index contributed by atoms with van der Waals surface area (Å²) >= 11 is 5.94. The predicted molar refractivity (Wildman–Crippen MR) is 59.2 cm³/mol. The average Bonchev–Trinajstić information content (AvgIpc) is 2.32. The number of hydrogen-bond acceptors (Lipinski definition) is 3. The number of hydrogen-bond donors (Lipinski definition) is 2. The lowest BCUT2D eigenvalue weighted by molar-refractivity contribution is 0.318. The summed E-state index contributed by atoms with van der Waals surface area (Å²) in [6, 6.07) is 4.13. The van der Waals surface area contributed by atoms with Crippen molar-refractivity contribution in [2.24, 2.45) is 10.9 Å². The third-order valence-electron chi connectivity index (χ3n) is 2.17. The molecule has 1 aromatic heterocycles. The Kier molecular flexibility index (Phi) is 2.62. The molecule has 0 saturated carbocycles. The zero-order valence-corrected chi connectivity index (χ0v) is 8.74. The van der Waals surface area contributed by atoms with E-state index >= 15 is 0 Å². The molecule has 3 N–H and O–H groups in total. The van der Waals surface area contributed by atoms with E-state index in [9.17, 15) is 4.39 Å². The predicted octanol–water partition coefficient (Wildman–Crippen LogP) is 2.12. The molecule has 1 heterocycles. The van der Waals surface area contributed by atoms with Crippen molar-refractivity contribution >= 4 is 28.2 Å². The van der Waals surface area contributed by atoms with Crippen LogP contribution in [0.2, 0.25) is 5.02 Å². The summed E-state index contributed by atoms with van der Waals surface area (Å²) in [5.74, 6) is -0.646. The number of benzene rings is 1. The van der Waals surface area contributed by atoms with Crippen LogP contribution in [0.1, 0.15) is 5.69 Å². The van der Waals surface area contributed by atoms with E-state index in [1.165, 1.54) is 24.4 Å². The first-order valence-electron chi connectivity index (χ1n) is 4.35. The molecule has 0 atom stereocenters. The van der Waals surface area contributed by atoms with Gasteiger partial charge in [0.15, 0.2) is 5.84 Å². The minimum atomic E-state index is -0.436. The topological polar surface area (TPSA) is 71.5 Å². The number of nitrogens with zero attached hydrogens (tertiary/aromatic N) is 2. The highest BCUT2D eigenvalue weighted by Crippen LogP contribution is 2.27. The Morgan fingerprint density at radius 1 is 1.44 bits per heavy atom. The molecule has 0 radical (unpaired) electrons. The first-order valence-corrected chi connectivity index (χ1v) is 4.73. The fraction of sp³-hybridized carbons (Fsp3) is 0. The summed E-state index contributed by atoms with van der Waals surface area (Å²) in [4.78, 5) is 3.91. The molecule has 0 saturated heterocycles. The number of pyridine rings is 1. The molecular weight excluding hydrogens is 233 g/mol. The van der Waals surface area contributed by atoms with Gasteiger partial charge in [0.1, 0.15) is 11.5 Å². The standard InChI is InChI=1S/C10H7ClFN3O/c11-6-1-2-7(12)5-3-4-14-9(8(5)6)10(13)15-16/h1-4,16H,(H2,13,15). The Morgan fingerprint density at radius 2 is 2.19 bits per heavy atom. The van der Waals surface area contributed by atoms with Crippen molar-refractivity contribution in [1.29, 1.82) is 0 Å². The third kappa shape index (κ3) is 1.55. The van der Waals surface area contributed by atoms with Crippen molar-refractivity contribution < 1.29 is 9.60 Å². The van der Waals surface area contributed by atoms with Crippen LogP contribution in [0.3, 0.4) is 0 Å². The maximum atomic E-state index is 13.5. The van der Waals surface area contributed by atoms with Crippen LogP contribution in [0.5, 0.6) is 0 Å². The van der Waals surface area contributed by atoms with E-state index < -0.39 is 5.82 Å². The Bertz CT molecular complexity index is 586. The number of oxime groups is 1. The number of aromatic nitrogens is 1. The highest BCUT2D eigenvalue weighted by atomic mass is 35.5. The third-order valence-corrected chi connectivity index (χ3v) is 2.49. The Morgan fingerprint density at radius 3 is 2.88 bits per heavy atom. The first-order chi connectivity index (χ1) is 7.65. The normalized spacial score (nSPS) is 12.0. The van der Waals surface area contributed by atoms with E-state index in [0.717, 1.165) is 0 Å². The van der Waals surface area contributed by atoms with Gasteiger partial charge < -0.3 is 10.9 Å². The summed E-state index contributed by atoms with van der Waals surface area (Å²) < 4.78 is 13.5. The van der Waals surface area contributed by atoms with Crippen molar-refractivity contribution in [1.82, 2.24) is 4.98 Å².